The van der Waals surface area contributed by atoms with Crippen molar-refractivity contribution in [1.29, 1.82) is 0 Å². The number of hydrogen-bond donors (Lipinski definition) is 0. The van der Waals surface area contributed by atoms with Crippen molar-refractivity contribution in [3.63, 3.8) is 0 Å². The number of nitrogens with zero attached hydrogens (tertiary/aromatic N) is 4. The topological polar surface area (TPSA) is 61.5 Å². The first-order valence-electron chi connectivity index (χ1n) is 9.31. The van der Waals surface area contributed by atoms with Crippen LogP contribution in [0.4, 0.5) is 0 Å². The summed E-state index contributed by atoms with van der Waals surface area (Å²) in [6.07, 6.45) is 5.85. The van der Waals surface area contributed by atoms with Crippen LogP contribution >= 0.6 is 0 Å². The molecule has 1 aromatic carbocycles. The minimum Gasteiger partial charge on any atom is -0.454 e. The van der Waals surface area contributed by atoms with Crippen molar-refractivity contribution in [2.75, 3.05) is 6.79 Å². The quantitative estimate of drug-likeness (QED) is 0.700. The van der Waals surface area contributed by atoms with Gasteiger partial charge in [0.05, 0.1) is 5.69 Å². The average molecular weight is 362 g/mol. The summed E-state index contributed by atoms with van der Waals surface area (Å²) < 4.78 is 12.7. The summed E-state index contributed by atoms with van der Waals surface area (Å²) in [7, 11) is 0. The Morgan fingerprint density at radius 1 is 1.00 bits per heavy atom. The van der Waals surface area contributed by atoms with Crippen LogP contribution in [0.15, 0.2) is 66.1 Å². The fraction of sp³-hybridized carbons (Fsp3) is 0.286. The lowest BCUT2D eigenvalue weighted by Gasteiger charge is -2.14. The lowest BCUT2D eigenvalue weighted by atomic mass is 9.95. The second kappa shape index (κ2) is 7.61. The minimum absolute atomic E-state index is 0.301. The molecule has 6 heteroatoms. The maximum Gasteiger partial charge on any atom is 0.231 e. The Hall–Kier alpha value is -3.15. The van der Waals surface area contributed by atoms with Gasteiger partial charge in [-0.3, -0.25) is 0 Å². The number of fused-ring (bicyclic) bond motifs is 2. The van der Waals surface area contributed by atoms with Crippen molar-refractivity contribution < 1.29 is 9.47 Å². The molecule has 27 heavy (non-hydrogen) atoms. The summed E-state index contributed by atoms with van der Waals surface area (Å²) in [4.78, 5) is 0. The Morgan fingerprint density at radius 3 is 2.67 bits per heavy atom. The molecule has 0 bridgehead atoms. The molecule has 3 aromatic rings. The van der Waals surface area contributed by atoms with E-state index in [1.165, 1.54) is 0 Å². The van der Waals surface area contributed by atoms with E-state index in [9.17, 15) is 0 Å². The molecule has 1 aliphatic heterocycles. The predicted molar refractivity (Wildman–Crippen MR) is 103 cm³/mol. The second-order valence-corrected chi connectivity index (χ2v) is 6.18. The van der Waals surface area contributed by atoms with Gasteiger partial charge < -0.3 is 9.47 Å². The van der Waals surface area contributed by atoms with Gasteiger partial charge in [-0.1, -0.05) is 44.2 Å². The third kappa shape index (κ3) is 3.43. The summed E-state index contributed by atoms with van der Waals surface area (Å²) in [5, 5.41) is 13.3. The summed E-state index contributed by atoms with van der Waals surface area (Å²) >= 11 is 0. The molecule has 1 aliphatic carbocycles. The van der Waals surface area contributed by atoms with Gasteiger partial charge in [0.2, 0.25) is 6.79 Å². The van der Waals surface area contributed by atoms with Gasteiger partial charge >= 0.3 is 0 Å². The monoisotopic (exact) mass is 362 g/mol. The van der Waals surface area contributed by atoms with E-state index in [0.717, 1.165) is 47.1 Å². The lowest BCUT2D eigenvalue weighted by Crippen LogP contribution is -2.10. The van der Waals surface area contributed by atoms with Crippen molar-refractivity contribution >= 4 is 5.65 Å². The van der Waals surface area contributed by atoms with E-state index in [1.807, 2.05) is 60.8 Å². The highest BCUT2D eigenvalue weighted by molar-refractivity contribution is 5.59. The van der Waals surface area contributed by atoms with Crippen LogP contribution in [0, 0.1) is 5.92 Å². The zero-order valence-corrected chi connectivity index (χ0v) is 15.5. The zero-order valence-electron chi connectivity index (χ0n) is 15.5. The van der Waals surface area contributed by atoms with Crippen LogP contribution < -0.4 is 0 Å². The van der Waals surface area contributed by atoms with E-state index in [4.69, 9.17) is 14.6 Å². The van der Waals surface area contributed by atoms with Crippen LogP contribution in [0.5, 0.6) is 0 Å². The molecule has 5 rings (SSSR count). The molecule has 2 aromatic heterocycles. The molecule has 1 fully saturated rings. The number of ether oxygens (including phenoxy) is 2. The first-order valence-corrected chi connectivity index (χ1v) is 9.31. The molecule has 6 nitrogen and oxygen atoms in total. The first kappa shape index (κ1) is 17.3. The fourth-order valence-electron chi connectivity index (χ4n) is 3.23. The van der Waals surface area contributed by atoms with Gasteiger partial charge in [0, 0.05) is 12.0 Å². The summed E-state index contributed by atoms with van der Waals surface area (Å²) in [6.45, 7) is 4.31. The smallest absolute Gasteiger partial charge is 0.231 e. The van der Waals surface area contributed by atoms with Crippen molar-refractivity contribution in [3.05, 3.63) is 72.0 Å². The Morgan fingerprint density at radius 2 is 1.81 bits per heavy atom. The van der Waals surface area contributed by atoms with Crippen molar-refractivity contribution in [2.45, 2.75) is 26.7 Å². The highest BCUT2D eigenvalue weighted by Crippen LogP contribution is 2.30. The number of aromatic nitrogens is 4. The van der Waals surface area contributed by atoms with E-state index in [-0.39, 0.29) is 0 Å². The normalized spacial score (nSPS) is 17.8. The summed E-state index contributed by atoms with van der Waals surface area (Å²) in [5.41, 5.74) is 2.74. The van der Waals surface area contributed by atoms with Gasteiger partial charge in [-0.15, -0.1) is 10.2 Å². The van der Waals surface area contributed by atoms with Gasteiger partial charge in [0.1, 0.15) is 0 Å². The molecule has 3 heterocycles. The standard InChI is InChI=1S/C19H16N4O2.C2H6/c1-2-4-14(5-3-1)15-7-9-18-20-21-19(23(18)22-15)11-13-6-8-16-17(10-13)25-12-24-16;1-2/h1-5,7-10,13H,6,11-12H2;1-2H3. The maximum atomic E-state index is 5.48. The molecule has 1 atom stereocenters. The molecule has 0 spiro atoms. The molecular formula is C21H22N4O2. The van der Waals surface area contributed by atoms with Gasteiger partial charge in [-0.2, -0.15) is 9.61 Å². The van der Waals surface area contributed by atoms with Crippen LogP contribution in [0.25, 0.3) is 16.9 Å². The van der Waals surface area contributed by atoms with Gasteiger partial charge in [0.25, 0.3) is 0 Å². The molecule has 2 aliphatic rings. The third-order valence-electron chi connectivity index (χ3n) is 4.51. The number of allylic oxidation sites excluding steroid dienone is 2. The molecule has 138 valence electrons. The number of rotatable bonds is 3. The van der Waals surface area contributed by atoms with E-state index in [0.29, 0.717) is 12.7 Å². The van der Waals surface area contributed by atoms with Crippen LogP contribution in [0.2, 0.25) is 0 Å². The average Bonchev–Trinajstić information content (AvgIpc) is 3.36. The van der Waals surface area contributed by atoms with Crippen LogP contribution in [-0.2, 0) is 15.9 Å². The van der Waals surface area contributed by atoms with Crippen molar-refractivity contribution in [2.24, 2.45) is 5.92 Å². The highest BCUT2D eigenvalue weighted by atomic mass is 16.7. The summed E-state index contributed by atoms with van der Waals surface area (Å²) in [6, 6.07) is 14.0. The van der Waals surface area contributed by atoms with Gasteiger partial charge in [0.15, 0.2) is 23.0 Å². The molecule has 1 saturated heterocycles. The zero-order chi connectivity index (χ0) is 18.6. The Balaban J connectivity index is 0.000000872. The van der Waals surface area contributed by atoms with Gasteiger partial charge in [-0.25, -0.2) is 0 Å². The van der Waals surface area contributed by atoms with E-state index >= 15 is 0 Å². The van der Waals surface area contributed by atoms with E-state index in [1.54, 1.807) is 0 Å². The maximum absolute atomic E-state index is 5.48. The second-order valence-electron chi connectivity index (χ2n) is 6.18. The van der Waals surface area contributed by atoms with Crippen LogP contribution in [0.1, 0.15) is 26.1 Å². The Kier molecular flexibility index (Phi) is 4.87. The minimum atomic E-state index is 0.301. The van der Waals surface area contributed by atoms with E-state index in [2.05, 4.69) is 22.3 Å². The largest absolute Gasteiger partial charge is 0.454 e. The molecular weight excluding hydrogens is 340 g/mol. The van der Waals surface area contributed by atoms with Crippen LogP contribution in [-0.4, -0.2) is 26.6 Å². The lowest BCUT2D eigenvalue weighted by molar-refractivity contribution is 0.0977. The van der Waals surface area contributed by atoms with Crippen molar-refractivity contribution in [1.82, 2.24) is 19.8 Å². The van der Waals surface area contributed by atoms with Crippen LogP contribution in [0.3, 0.4) is 0 Å². The molecule has 1 unspecified atom stereocenters. The van der Waals surface area contributed by atoms with Crippen molar-refractivity contribution in [3.8, 4) is 11.3 Å². The number of hydrogen-bond acceptors (Lipinski definition) is 5. The highest BCUT2D eigenvalue weighted by Gasteiger charge is 2.24. The molecule has 0 amide bonds. The van der Waals surface area contributed by atoms with E-state index < -0.39 is 0 Å². The molecule has 0 saturated carbocycles. The SMILES string of the molecule is C1=C2OCOC2=CC(Cc2nnc3ccc(-c4ccccc4)nn23)C1.CC. The Bertz CT molecular complexity index is 992. The van der Waals surface area contributed by atoms with Gasteiger partial charge in [-0.05, 0) is 36.6 Å². The molecule has 0 radical (unpaired) electrons. The molecule has 0 N–H and O–H groups in total. The first-order chi connectivity index (χ1) is 13.4. The third-order valence-corrected chi connectivity index (χ3v) is 4.51. The predicted octanol–water partition coefficient (Wildman–Crippen LogP) is 4.15. The number of benzene rings is 1. The fourth-order valence-corrected chi connectivity index (χ4v) is 3.23. The Labute approximate surface area is 158 Å². The summed E-state index contributed by atoms with van der Waals surface area (Å²) in [5.74, 6) is 2.84.